The highest BCUT2D eigenvalue weighted by molar-refractivity contribution is 7.13. The van der Waals surface area contributed by atoms with E-state index < -0.39 is 0 Å². The third kappa shape index (κ3) is 4.04. The Labute approximate surface area is 129 Å². The van der Waals surface area contributed by atoms with Gasteiger partial charge in [0.05, 0.1) is 7.11 Å². The van der Waals surface area contributed by atoms with Crippen LogP contribution in [-0.2, 0) is 4.79 Å². The first-order chi connectivity index (χ1) is 10.1. The smallest absolute Gasteiger partial charge is 0.226 e. The Balaban J connectivity index is 2.14. The van der Waals surface area contributed by atoms with Gasteiger partial charge in [-0.1, -0.05) is 32.0 Å². The van der Waals surface area contributed by atoms with E-state index >= 15 is 0 Å². The molecule has 1 amide bonds. The molecular weight excluding hydrogens is 284 g/mol. The summed E-state index contributed by atoms with van der Waals surface area (Å²) in [6.07, 6.45) is 2.10. The van der Waals surface area contributed by atoms with Crippen LogP contribution in [0.15, 0.2) is 35.8 Å². The zero-order chi connectivity index (χ0) is 15.2. The fourth-order valence-corrected chi connectivity index (χ4v) is 2.88. The zero-order valence-corrected chi connectivity index (χ0v) is 13.3. The van der Waals surface area contributed by atoms with Crippen molar-refractivity contribution in [1.29, 1.82) is 0 Å². The van der Waals surface area contributed by atoms with Crippen LogP contribution < -0.4 is 10.1 Å². The van der Waals surface area contributed by atoms with Gasteiger partial charge < -0.3 is 10.1 Å². The number of anilines is 1. The molecule has 21 heavy (non-hydrogen) atoms. The maximum Gasteiger partial charge on any atom is 0.226 e. The van der Waals surface area contributed by atoms with Gasteiger partial charge in [0.2, 0.25) is 5.91 Å². The highest BCUT2D eigenvalue weighted by Gasteiger charge is 2.22. The van der Waals surface area contributed by atoms with E-state index in [9.17, 15) is 4.79 Å². The largest absolute Gasteiger partial charge is 0.496 e. The highest BCUT2D eigenvalue weighted by atomic mass is 32.1. The average Bonchev–Trinajstić information content (AvgIpc) is 2.97. The van der Waals surface area contributed by atoms with Crippen molar-refractivity contribution in [3.05, 3.63) is 41.4 Å². The van der Waals surface area contributed by atoms with Crippen LogP contribution in [0.1, 0.15) is 31.7 Å². The van der Waals surface area contributed by atoms with Gasteiger partial charge >= 0.3 is 0 Å². The maximum absolute atomic E-state index is 12.2. The van der Waals surface area contributed by atoms with Gasteiger partial charge in [0.25, 0.3) is 0 Å². The number of carbonyl (C=O) groups is 1. The van der Waals surface area contributed by atoms with E-state index in [1.54, 1.807) is 13.3 Å². The molecule has 0 spiro atoms. The lowest BCUT2D eigenvalue weighted by molar-refractivity contribution is -0.116. The summed E-state index contributed by atoms with van der Waals surface area (Å²) in [5.74, 6) is 1.26. The van der Waals surface area contributed by atoms with E-state index in [0.717, 1.165) is 11.3 Å². The Kier molecular flexibility index (Phi) is 5.33. The summed E-state index contributed by atoms with van der Waals surface area (Å²) in [6.45, 7) is 4.24. The lowest BCUT2D eigenvalue weighted by Gasteiger charge is -2.22. The number of ether oxygens (including phenoxy) is 1. The molecule has 1 aromatic heterocycles. The number of para-hydroxylation sites is 1. The lowest BCUT2D eigenvalue weighted by atomic mass is 9.85. The number of aromatic nitrogens is 1. The summed E-state index contributed by atoms with van der Waals surface area (Å²) < 4.78 is 5.42. The Hall–Kier alpha value is -1.88. The first kappa shape index (κ1) is 15.5. The van der Waals surface area contributed by atoms with E-state index in [1.165, 1.54) is 11.3 Å². The molecule has 1 N–H and O–H groups in total. The van der Waals surface area contributed by atoms with Crippen LogP contribution >= 0.6 is 11.3 Å². The van der Waals surface area contributed by atoms with Crippen LogP contribution in [0.2, 0.25) is 0 Å². The van der Waals surface area contributed by atoms with Gasteiger partial charge in [0.1, 0.15) is 5.75 Å². The van der Waals surface area contributed by atoms with E-state index in [4.69, 9.17) is 4.74 Å². The topological polar surface area (TPSA) is 51.2 Å². The molecule has 1 aromatic carbocycles. The van der Waals surface area contributed by atoms with E-state index in [0.29, 0.717) is 17.5 Å². The SMILES string of the molecule is COc1ccccc1[C@@H](CC(=O)Nc1nccs1)C(C)C. The van der Waals surface area contributed by atoms with Crippen LogP contribution in [0.25, 0.3) is 0 Å². The van der Waals surface area contributed by atoms with E-state index in [1.807, 2.05) is 29.6 Å². The van der Waals surface area contributed by atoms with Crippen molar-refractivity contribution in [2.45, 2.75) is 26.2 Å². The number of methoxy groups -OCH3 is 1. The minimum absolute atomic E-state index is 0.0189. The van der Waals surface area contributed by atoms with Crippen LogP contribution in [0, 0.1) is 5.92 Å². The number of nitrogens with zero attached hydrogens (tertiary/aromatic N) is 1. The lowest BCUT2D eigenvalue weighted by Crippen LogP contribution is -2.19. The van der Waals surface area contributed by atoms with Gasteiger partial charge in [-0.25, -0.2) is 4.98 Å². The van der Waals surface area contributed by atoms with Gasteiger partial charge in [-0.15, -0.1) is 11.3 Å². The number of nitrogens with one attached hydrogen (secondary N) is 1. The molecule has 1 atom stereocenters. The average molecular weight is 304 g/mol. The molecule has 4 nitrogen and oxygen atoms in total. The van der Waals surface area contributed by atoms with Crippen molar-refractivity contribution in [2.75, 3.05) is 12.4 Å². The number of carbonyl (C=O) groups excluding carboxylic acids is 1. The van der Waals surface area contributed by atoms with Crippen LogP contribution in [0.3, 0.4) is 0 Å². The van der Waals surface area contributed by atoms with E-state index in [2.05, 4.69) is 24.1 Å². The predicted molar refractivity (Wildman–Crippen MR) is 85.9 cm³/mol. The number of rotatable bonds is 6. The summed E-state index contributed by atoms with van der Waals surface area (Å²) in [4.78, 5) is 16.3. The van der Waals surface area contributed by atoms with Crippen molar-refractivity contribution >= 4 is 22.4 Å². The van der Waals surface area contributed by atoms with Crippen molar-refractivity contribution in [2.24, 2.45) is 5.92 Å². The molecule has 2 rings (SSSR count). The molecule has 5 heteroatoms. The van der Waals surface area contributed by atoms with Gasteiger partial charge in [-0.2, -0.15) is 0 Å². The number of hydrogen-bond donors (Lipinski definition) is 1. The molecule has 1 heterocycles. The molecule has 0 unspecified atom stereocenters. The second-order valence-corrected chi connectivity index (χ2v) is 6.08. The minimum Gasteiger partial charge on any atom is -0.496 e. The number of amides is 1. The standard InChI is InChI=1S/C16H20N2O2S/c1-11(2)13(12-6-4-5-7-14(12)20-3)10-15(19)18-16-17-8-9-21-16/h4-9,11,13H,10H2,1-3H3,(H,17,18,19)/t13-/m0/s1. The van der Waals surface area contributed by atoms with Gasteiger partial charge in [-0.3, -0.25) is 4.79 Å². The molecule has 0 aliphatic heterocycles. The van der Waals surface area contributed by atoms with E-state index in [-0.39, 0.29) is 11.8 Å². The minimum atomic E-state index is -0.0189. The molecule has 0 bridgehead atoms. The molecule has 0 saturated carbocycles. The number of thiazole rings is 1. The summed E-state index contributed by atoms with van der Waals surface area (Å²) in [5, 5.41) is 5.33. The molecule has 112 valence electrons. The first-order valence-electron chi connectivity index (χ1n) is 6.94. The maximum atomic E-state index is 12.2. The third-order valence-electron chi connectivity index (χ3n) is 3.43. The molecular formula is C16H20N2O2S. The number of benzene rings is 1. The molecule has 0 radical (unpaired) electrons. The number of hydrogen-bond acceptors (Lipinski definition) is 4. The normalized spacial score (nSPS) is 12.2. The van der Waals surface area contributed by atoms with Gasteiger partial charge in [0.15, 0.2) is 5.13 Å². The summed E-state index contributed by atoms with van der Waals surface area (Å²) in [6, 6.07) is 7.88. The van der Waals surface area contributed by atoms with Crippen molar-refractivity contribution in [1.82, 2.24) is 4.98 Å². The fraction of sp³-hybridized carbons (Fsp3) is 0.375. The van der Waals surface area contributed by atoms with Crippen LogP contribution in [0.5, 0.6) is 5.75 Å². The second kappa shape index (κ2) is 7.22. The molecule has 0 fully saturated rings. The van der Waals surface area contributed by atoms with Crippen molar-refractivity contribution < 1.29 is 9.53 Å². The Morgan fingerprint density at radius 3 is 2.76 bits per heavy atom. The molecule has 0 aliphatic rings. The summed E-state index contributed by atoms with van der Waals surface area (Å²) >= 11 is 1.42. The Morgan fingerprint density at radius 2 is 2.14 bits per heavy atom. The summed E-state index contributed by atoms with van der Waals surface area (Å²) in [7, 11) is 1.66. The first-order valence-corrected chi connectivity index (χ1v) is 7.82. The Bertz CT molecular complexity index is 582. The van der Waals surface area contributed by atoms with Crippen LogP contribution in [0.4, 0.5) is 5.13 Å². The third-order valence-corrected chi connectivity index (χ3v) is 4.12. The van der Waals surface area contributed by atoms with Crippen molar-refractivity contribution in [3.63, 3.8) is 0 Å². The van der Waals surface area contributed by atoms with Crippen LogP contribution in [-0.4, -0.2) is 18.0 Å². The predicted octanol–water partition coefficient (Wildman–Crippen LogP) is 3.92. The van der Waals surface area contributed by atoms with Gasteiger partial charge in [-0.05, 0) is 23.5 Å². The summed E-state index contributed by atoms with van der Waals surface area (Å²) in [5.41, 5.74) is 1.07. The molecule has 0 saturated heterocycles. The highest BCUT2D eigenvalue weighted by Crippen LogP contribution is 2.34. The zero-order valence-electron chi connectivity index (χ0n) is 12.5. The Morgan fingerprint density at radius 1 is 1.38 bits per heavy atom. The molecule has 2 aromatic rings. The van der Waals surface area contributed by atoms with Crippen molar-refractivity contribution in [3.8, 4) is 5.75 Å². The monoisotopic (exact) mass is 304 g/mol. The molecule has 0 aliphatic carbocycles. The fourth-order valence-electron chi connectivity index (χ4n) is 2.33. The second-order valence-electron chi connectivity index (χ2n) is 5.18. The van der Waals surface area contributed by atoms with Gasteiger partial charge in [0, 0.05) is 18.0 Å². The quantitative estimate of drug-likeness (QED) is 0.880.